The Kier molecular flexibility index (Phi) is 3.53. The Hall–Kier alpha value is -3.22. The summed E-state index contributed by atoms with van der Waals surface area (Å²) in [6, 6.07) is 13.4. The summed E-state index contributed by atoms with van der Waals surface area (Å²) in [6.07, 6.45) is 0. The van der Waals surface area contributed by atoms with Crippen LogP contribution < -0.4 is 4.74 Å². The van der Waals surface area contributed by atoms with Crippen LogP contribution in [-0.4, -0.2) is 22.2 Å². The molecule has 0 radical (unpaired) electrons. The first-order valence-corrected chi connectivity index (χ1v) is 6.41. The predicted octanol–water partition coefficient (Wildman–Crippen LogP) is 3.32. The summed E-state index contributed by atoms with van der Waals surface area (Å²) in [5.41, 5.74) is 0.946. The molecule has 110 valence electrons. The number of benzene rings is 2. The Balaban J connectivity index is 1.98. The van der Waals surface area contributed by atoms with Gasteiger partial charge in [-0.1, -0.05) is 17.3 Å². The third-order valence-electron chi connectivity index (χ3n) is 3.11. The van der Waals surface area contributed by atoms with Gasteiger partial charge in [-0.05, 0) is 30.3 Å². The molecule has 7 heteroatoms. The summed E-state index contributed by atoms with van der Waals surface area (Å²) < 4.78 is 10.2. The Morgan fingerprint density at radius 2 is 1.86 bits per heavy atom. The lowest BCUT2D eigenvalue weighted by molar-refractivity contribution is -0.384. The van der Waals surface area contributed by atoms with E-state index in [-0.39, 0.29) is 11.6 Å². The minimum Gasteiger partial charge on any atom is -0.497 e. The van der Waals surface area contributed by atoms with Gasteiger partial charge in [0.25, 0.3) is 11.6 Å². The fourth-order valence-corrected chi connectivity index (χ4v) is 2.00. The van der Waals surface area contributed by atoms with Crippen molar-refractivity contribution in [3.8, 4) is 28.6 Å². The molecule has 0 spiro atoms. The van der Waals surface area contributed by atoms with Crippen LogP contribution in [0.2, 0.25) is 0 Å². The third-order valence-corrected chi connectivity index (χ3v) is 3.11. The Morgan fingerprint density at radius 1 is 1.14 bits per heavy atom. The number of hydrogen-bond acceptors (Lipinski definition) is 6. The molecule has 0 saturated carbocycles. The topological polar surface area (TPSA) is 91.3 Å². The van der Waals surface area contributed by atoms with Crippen molar-refractivity contribution in [3.63, 3.8) is 0 Å². The number of nitrogens with zero attached hydrogens (tertiary/aromatic N) is 3. The zero-order valence-electron chi connectivity index (χ0n) is 11.6. The van der Waals surface area contributed by atoms with Crippen LogP contribution in [0, 0.1) is 10.1 Å². The van der Waals surface area contributed by atoms with Crippen LogP contribution in [0.1, 0.15) is 0 Å². The van der Waals surface area contributed by atoms with E-state index in [0.29, 0.717) is 17.1 Å². The standard InChI is InChI=1S/C15H11N3O4/c1-21-11-8-6-10(7-9-11)14-16-15(22-17-14)12-4-2-3-5-13(12)18(19)20/h2-9H,1H3. The van der Waals surface area contributed by atoms with Crippen molar-refractivity contribution in [2.75, 3.05) is 7.11 Å². The van der Waals surface area contributed by atoms with Gasteiger partial charge in [-0.15, -0.1) is 0 Å². The van der Waals surface area contributed by atoms with Crippen LogP contribution in [0.25, 0.3) is 22.8 Å². The number of ether oxygens (including phenoxy) is 1. The summed E-state index contributed by atoms with van der Waals surface area (Å²) in [7, 11) is 1.58. The highest BCUT2D eigenvalue weighted by molar-refractivity contribution is 5.68. The average Bonchev–Trinajstić information content (AvgIpc) is 3.04. The van der Waals surface area contributed by atoms with Crippen molar-refractivity contribution in [2.45, 2.75) is 0 Å². The highest BCUT2D eigenvalue weighted by atomic mass is 16.6. The Morgan fingerprint density at radius 3 is 2.55 bits per heavy atom. The summed E-state index contributed by atoms with van der Waals surface area (Å²) in [6.45, 7) is 0. The summed E-state index contributed by atoms with van der Waals surface area (Å²) in [4.78, 5) is 14.8. The SMILES string of the molecule is COc1ccc(-c2noc(-c3ccccc3[N+](=O)[O-])n2)cc1. The normalized spacial score (nSPS) is 10.4. The molecule has 7 nitrogen and oxygen atoms in total. The van der Waals surface area contributed by atoms with Gasteiger partial charge in [-0.3, -0.25) is 10.1 Å². The molecule has 0 saturated heterocycles. The molecule has 0 atom stereocenters. The molecule has 0 unspecified atom stereocenters. The maximum Gasteiger partial charge on any atom is 0.282 e. The van der Waals surface area contributed by atoms with Crippen molar-refractivity contribution in [3.05, 3.63) is 58.6 Å². The molecule has 1 aromatic heterocycles. The van der Waals surface area contributed by atoms with Crippen molar-refractivity contribution in [1.29, 1.82) is 0 Å². The first kappa shape index (κ1) is 13.7. The quantitative estimate of drug-likeness (QED) is 0.542. The number of rotatable bonds is 4. The van der Waals surface area contributed by atoms with E-state index in [4.69, 9.17) is 9.26 Å². The molecule has 0 aliphatic heterocycles. The highest BCUT2D eigenvalue weighted by Gasteiger charge is 2.20. The van der Waals surface area contributed by atoms with E-state index < -0.39 is 4.92 Å². The van der Waals surface area contributed by atoms with Gasteiger partial charge in [0.05, 0.1) is 12.0 Å². The van der Waals surface area contributed by atoms with E-state index >= 15 is 0 Å². The minimum atomic E-state index is -0.480. The number of aromatic nitrogens is 2. The number of nitro groups is 1. The molecular weight excluding hydrogens is 286 g/mol. The molecule has 22 heavy (non-hydrogen) atoms. The molecule has 0 fully saturated rings. The number of hydrogen-bond donors (Lipinski definition) is 0. The summed E-state index contributed by atoms with van der Waals surface area (Å²) in [5.74, 6) is 1.18. The smallest absolute Gasteiger partial charge is 0.282 e. The van der Waals surface area contributed by atoms with Crippen LogP contribution in [0.5, 0.6) is 5.75 Å². The fraction of sp³-hybridized carbons (Fsp3) is 0.0667. The van der Waals surface area contributed by atoms with E-state index in [9.17, 15) is 10.1 Å². The van der Waals surface area contributed by atoms with Gasteiger partial charge in [-0.25, -0.2) is 0 Å². The van der Waals surface area contributed by atoms with E-state index in [2.05, 4.69) is 10.1 Å². The summed E-state index contributed by atoms with van der Waals surface area (Å²) >= 11 is 0. The molecular formula is C15H11N3O4. The zero-order valence-corrected chi connectivity index (χ0v) is 11.6. The number of para-hydroxylation sites is 1. The zero-order chi connectivity index (χ0) is 15.5. The van der Waals surface area contributed by atoms with Crippen molar-refractivity contribution in [1.82, 2.24) is 10.1 Å². The van der Waals surface area contributed by atoms with Gasteiger partial charge < -0.3 is 9.26 Å². The Bertz CT molecular complexity index is 812. The van der Waals surface area contributed by atoms with Gasteiger partial charge in [0.2, 0.25) is 5.82 Å². The first-order valence-electron chi connectivity index (χ1n) is 6.41. The number of methoxy groups -OCH3 is 1. The van der Waals surface area contributed by atoms with Crippen molar-refractivity contribution < 1.29 is 14.2 Å². The van der Waals surface area contributed by atoms with Crippen LogP contribution in [0.15, 0.2) is 53.1 Å². The molecule has 0 N–H and O–H groups in total. The number of nitro benzene ring substituents is 1. The highest BCUT2D eigenvalue weighted by Crippen LogP contribution is 2.30. The van der Waals surface area contributed by atoms with Crippen LogP contribution in [0.4, 0.5) is 5.69 Å². The van der Waals surface area contributed by atoms with E-state index in [1.807, 2.05) is 0 Å². The average molecular weight is 297 g/mol. The maximum atomic E-state index is 11.0. The predicted molar refractivity (Wildman–Crippen MR) is 78.4 cm³/mol. The molecule has 0 amide bonds. The van der Waals surface area contributed by atoms with Gasteiger partial charge in [0, 0.05) is 11.6 Å². The lowest BCUT2D eigenvalue weighted by atomic mass is 10.2. The molecule has 1 heterocycles. The van der Waals surface area contributed by atoms with E-state index in [1.165, 1.54) is 6.07 Å². The second-order valence-corrected chi connectivity index (χ2v) is 4.43. The lowest BCUT2D eigenvalue weighted by Gasteiger charge is -1.99. The molecule has 0 bridgehead atoms. The monoisotopic (exact) mass is 297 g/mol. The molecule has 0 aliphatic carbocycles. The molecule has 0 aliphatic rings. The largest absolute Gasteiger partial charge is 0.497 e. The fourth-order valence-electron chi connectivity index (χ4n) is 2.00. The van der Waals surface area contributed by atoms with Crippen LogP contribution in [0.3, 0.4) is 0 Å². The van der Waals surface area contributed by atoms with E-state index in [0.717, 1.165) is 5.56 Å². The second kappa shape index (κ2) is 5.65. The lowest BCUT2D eigenvalue weighted by Crippen LogP contribution is -1.91. The van der Waals surface area contributed by atoms with E-state index in [1.54, 1.807) is 49.6 Å². The first-order chi connectivity index (χ1) is 10.7. The van der Waals surface area contributed by atoms with Gasteiger partial charge in [0.15, 0.2) is 0 Å². The minimum absolute atomic E-state index is 0.0765. The molecule has 2 aromatic carbocycles. The Labute approximate surface area is 125 Å². The van der Waals surface area contributed by atoms with Gasteiger partial charge in [0.1, 0.15) is 11.3 Å². The summed E-state index contributed by atoms with van der Waals surface area (Å²) in [5, 5.41) is 14.9. The molecule has 3 aromatic rings. The van der Waals surface area contributed by atoms with Crippen molar-refractivity contribution in [2.24, 2.45) is 0 Å². The van der Waals surface area contributed by atoms with Gasteiger partial charge in [-0.2, -0.15) is 4.98 Å². The van der Waals surface area contributed by atoms with Crippen LogP contribution >= 0.6 is 0 Å². The van der Waals surface area contributed by atoms with Crippen molar-refractivity contribution >= 4 is 5.69 Å². The third kappa shape index (κ3) is 2.51. The van der Waals surface area contributed by atoms with Crippen LogP contribution in [-0.2, 0) is 0 Å². The molecule has 3 rings (SSSR count). The van der Waals surface area contributed by atoms with Gasteiger partial charge >= 0.3 is 0 Å². The maximum absolute atomic E-state index is 11.0. The second-order valence-electron chi connectivity index (χ2n) is 4.43.